The molecule has 1 atom stereocenters. The largest absolute Gasteiger partial charge is 0.366 e. The SMILES string of the molecule is CCc1nc([C@H]2CN(C(=O)CCc3cscn3)CCO2)n[nH]1. The van der Waals surface area contributed by atoms with E-state index in [1.54, 1.807) is 16.8 Å². The van der Waals surface area contributed by atoms with Crippen molar-refractivity contribution in [1.29, 1.82) is 0 Å². The van der Waals surface area contributed by atoms with Gasteiger partial charge in [-0.15, -0.1) is 11.3 Å². The van der Waals surface area contributed by atoms with Gasteiger partial charge in [0.15, 0.2) is 5.82 Å². The number of ether oxygens (including phenoxy) is 1. The molecule has 3 heterocycles. The molecule has 0 radical (unpaired) electrons. The number of aromatic nitrogens is 4. The van der Waals surface area contributed by atoms with Gasteiger partial charge in [0.2, 0.25) is 5.91 Å². The summed E-state index contributed by atoms with van der Waals surface area (Å²) in [6, 6.07) is 0. The highest BCUT2D eigenvalue weighted by Gasteiger charge is 2.27. The minimum absolute atomic E-state index is 0.132. The first-order valence-electron chi connectivity index (χ1n) is 7.44. The average molecular weight is 321 g/mol. The minimum Gasteiger partial charge on any atom is -0.366 e. The lowest BCUT2D eigenvalue weighted by atomic mass is 10.2. The van der Waals surface area contributed by atoms with Crippen LogP contribution in [0.15, 0.2) is 10.9 Å². The van der Waals surface area contributed by atoms with Crippen LogP contribution in [0.3, 0.4) is 0 Å². The highest BCUT2D eigenvalue weighted by Crippen LogP contribution is 2.20. The molecule has 2 aromatic heterocycles. The third-order valence-electron chi connectivity index (χ3n) is 3.67. The van der Waals surface area contributed by atoms with Gasteiger partial charge in [0.05, 0.1) is 24.4 Å². The molecule has 0 aliphatic carbocycles. The molecule has 0 bridgehead atoms. The summed E-state index contributed by atoms with van der Waals surface area (Å²) in [5.74, 6) is 1.60. The molecule has 1 saturated heterocycles. The van der Waals surface area contributed by atoms with Crippen LogP contribution in [0.5, 0.6) is 0 Å². The Morgan fingerprint density at radius 1 is 1.59 bits per heavy atom. The molecular weight excluding hydrogens is 302 g/mol. The molecule has 1 amide bonds. The Morgan fingerprint density at radius 2 is 2.50 bits per heavy atom. The molecule has 7 nitrogen and oxygen atoms in total. The Hall–Kier alpha value is -1.80. The summed E-state index contributed by atoms with van der Waals surface area (Å²) in [6.45, 7) is 3.66. The van der Waals surface area contributed by atoms with Crippen LogP contribution in [-0.2, 0) is 22.4 Å². The number of carbonyl (C=O) groups is 1. The van der Waals surface area contributed by atoms with E-state index in [1.165, 1.54) is 0 Å². The fourth-order valence-electron chi connectivity index (χ4n) is 2.40. The van der Waals surface area contributed by atoms with Gasteiger partial charge in [0.25, 0.3) is 0 Å². The van der Waals surface area contributed by atoms with E-state index in [0.717, 1.165) is 17.9 Å². The molecule has 0 saturated carbocycles. The fraction of sp³-hybridized carbons (Fsp3) is 0.571. The van der Waals surface area contributed by atoms with Gasteiger partial charge in [-0.05, 0) is 6.42 Å². The first kappa shape index (κ1) is 15.1. The number of carbonyl (C=O) groups excluding carboxylic acids is 1. The Labute approximate surface area is 132 Å². The van der Waals surface area contributed by atoms with Gasteiger partial charge in [-0.2, -0.15) is 5.10 Å². The van der Waals surface area contributed by atoms with Crippen molar-refractivity contribution in [2.75, 3.05) is 19.7 Å². The van der Waals surface area contributed by atoms with E-state index in [-0.39, 0.29) is 12.0 Å². The van der Waals surface area contributed by atoms with Crippen LogP contribution in [0.2, 0.25) is 0 Å². The quantitative estimate of drug-likeness (QED) is 0.899. The van der Waals surface area contributed by atoms with E-state index in [2.05, 4.69) is 20.2 Å². The number of hydrogen-bond donors (Lipinski definition) is 1. The number of aryl methyl sites for hydroxylation is 2. The Balaban J connectivity index is 1.56. The zero-order valence-corrected chi connectivity index (χ0v) is 13.3. The molecule has 0 spiro atoms. The standard InChI is InChI=1S/C14H19N5O2S/c1-2-12-16-14(18-17-12)11-7-19(5-6-21-11)13(20)4-3-10-8-22-9-15-10/h8-9,11H,2-7H2,1H3,(H,16,17,18)/t11-/m1/s1. The summed E-state index contributed by atoms with van der Waals surface area (Å²) in [7, 11) is 0. The summed E-state index contributed by atoms with van der Waals surface area (Å²) < 4.78 is 5.70. The van der Waals surface area contributed by atoms with Crippen molar-refractivity contribution in [3.05, 3.63) is 28.2 Å². The van der Waals surface area contributed by atoms with Gasteiger partial charge in [-0.25, -0.2) is 9.97 Å². The Kier molecular flexibility index (Phi) is 4.79. The van der Waals surface area contributed by atoms with Gasteiger partial charge in [0.1, 0.15) is 11.9 Å². The molecule has 0 aromatic carbocycles. The molecule has 8 heteroatoms. The van der Waals surface area contributed by atoms with Crippen LogP contribution in [0.1, 0.15) is 36.8 Å². The second-order valence-electron chi connectivity index (χ2n) is 5.17. The number of thiazole rings is 1. The lowest BCUT2D eigenvalue weighted by molar-refractivity contribution is -0.139. The van der Waals surface area contributed by atoms with Crippen molar-refractivity contribution >= 4 is 17.2 Å². The van der Waals surface area contributed by atoms with Crippen molar-refractivity contribution < 1.29 is 9.53 Å². The lowest BCUT2D eigenvalue weighted by Gasteiger charge is -2.31. The highest BCUT2D eigenvalue weighted by molar-refractivity contribution is 7.07. The van der Waals surface area contributed by atoms with Crippen LogP contribution in [0.4, 0.5) is 0 Å². The van der Waals surface area contributed by atoms with Crippen molar-refractivity contribution in [2.24, 2.45) is 0 Å². The van der Waals surface area contributed by atoms with E-state index in [4.69, 9.17) is 4.74 Å². The van der Waals surface area contributed by atoms with Crippen molar-refractivity contribution in [1.82, 2.24) is 25.1 Å². The molecule has 3 rings (SSSR count). The molecule has 1 N–H and O–H groups in total. The first-order valence-corrected chi connectivity index (χ1v) is 8.38. The van der Waals surface area contributed by atoms with Crippen LogP contribution in [0.25, 0.3) is 0 Å². The first-order chi connectivity index (χ1) is 10.8. The maximum Gasteiger partial charge on any atom is 0.223 e. The van der Waals surface area contributed by atoms with Crippen LogP contribution in [0, 0.1) is 0 Å². The number of morpholine rings is 1. The Morgan fingerprint density at radius 3 is 3.23 bits per heavy atom. The molecule has 2 aromatic rings. The molecule has 1 aliphatic heterocycles. The van der Waals surface area contributed by atoms with Gasteiger partial charge in [0, 0.05) is 24.8 Å². The van der Waals surface area contributed by atoms with Gasteiger partial charge in [-0.3, -0.25) is 9.89 Å². The van der Waals surface area contributed by atoms with Crippen molar-refractivity contribution in [3.63, 3.8) is 0 Å². The second kappa shape index (κ2) is 6.97. The number of aromatic amines is 1. The maximum atomic E-state index is 12.3. The normalized spacial score (nSPS) is 18.6. The summed E-state index contributed by atoms with van der Waals surface area (Å²) in [5, 5.41) is 9.05. The zero-order chi connectivity index (χ0) is 15.4. The van der Waals surface area contributed by atoms with E-state index in [1.807, 2.05) is 17.2 Å². The molecular formula is C14H19N5O2S. The van der Waals surface area contributed by atoms with Gasteiger partial charge in [-0.1, -0.05) is 6.92 Å². The molecule has 0 unspecified atom stereocenters. The van der Waals surface area contributed by atoms with Crippen LogP contribution >= 0.6 is 11.3 Å². The van der Waals surface area contributed by atoms with E-state index < -0.39 is 0 Å². The lowest BCUT2D eigenvalue weighted by Crippen LogP contribution is -2.42. The fourth-order valence-corrected chi connectivity index (χ4v) is 2.99. The number of H-pyrrole nitrogens is 1. The number of hydrogen-bond acceptors (Lipinski definition) is 6. The maximum absolute atomic E-state index is 12.3. The van der Waals surface area contributed by atoms with Gasteiger partial charge >= 0.3 is 0 Å². The van der Waals surface area contributed by atoms with Crippen LogP contribution in [-0.4, -0.2) is 50.7 Å². The van der Waals surface area contributed by atoms with Crippen molar-refractivity contribution in [2.45, 2.75) is 32.3 Å². The zero-order valence-electron chi connectivity index (χ0n) is 12.5. The Bertz CT molecular complexity index is 613. The van der Waals surface area contributed by atoms with E-state index in [0.29, 0.717) is 38.4 Å². The van der Waals surface area contributed by atoms with E-state index >= 15 is 0 Å². The average Bonchev–Trinajstić information content (AvgIpc) is 3.24. The predicted molar refractivity (Wildman–Crippen MR) is 81.5 cm³/mol. The summed E-state index contributed by atoms with van der Waals surface area (Å²) in [5.41, 5.74) is 2.77. The molecule has 118 valence electrons. The summed E-state index contributed by atoms with van der Waals surface area (Å²) in [4.78, 5) is 22.8. The third-order valence-corrected chi connectivity index (χ3v) is 4.30. The van der Waals surface area contributed by atoms with Crippen LogP contribution < -0.4 is 0 Å². The molecule has 22 heavy (non-hydrogen) atoms. The molecule has 1 aliphatic rings. The van der Waals surface area contributed by atoms with Crippen molar-refractivity contribution in [3.8, 4) is 0 Å². The number of nitrogens with zero attached hydrogens (tertiary/aromatic N) is 4. The summed E-state index contributed by atoms with van der Waals surface area (Å²) >= 11 is 1.55. The highest BCUT2D eigenvalue weighted by atomic mass is 32.1. The van der Waals surface area contributed by atoms with Gasteiger partial charge < -0.3 is 9.64 Å². The molecule has 1 fully saturated rings. The third kappa shape index (κ3) is 3.50. The predicted octanol–water partition coefficient (Wildman–Crippen LogP) is 1.36. The number of nitrogens with one attached hydrogen (secondary N) is 1. The monoisotopic (exact) mass is 321 g/mol. The second-order valence-corrected chi connectivity index (χ2v) is 5.89. The van der Waals surface area contributed by atoms with E-state index in [9.17, 15) is 4.79 Å². The summed E-state index contributed by atoms with van der Waals surface area (Å²) in [6.07, 6.45) is 1.72. The topological polar surface area (TPSA) is 84.0 Å². The minimum atomic E-state index is -0.242. The number of amides is 1. The smallest absolute Gasteiger partial charge is 0.223 e. The number of rotatable bonds is 5.